The molecule has 6 nitrogen and oxygen atoms in total. The van der Waals surface area contributed by atoms with Crippen molar-refractivity contribution in [2.24, 2.45) is 0 Å². The molecule has 0 saturated carbocycles. The van der Waals surface area contributed by atoms with E-state index in [1.165, 1.54) is 4.31 Å². The molecule has 1 heterocycles. The highest BCUT2D eigenvalue weighted by Crippen LogP contribution is 2.22. The number of piperazine rings is 1. The molecular weight excluding hydrogens is 383 g/mol. The van der Waals surface area contributed by atoms with Crippen LogP contribution in [0.25, 0.3) is 0 Å². The quantitative estimate of drug-likeness (QED) is 0.745. The van der Waals surface area contributed by atoms with E-state index < -0.39 is 28.7 Å². The van der Waals surface area contributed by atoms with Crippen molar-refractivity contribution >= 4 is 15.9 Å². The van der Waals surface area contributed by atoms with Crippen LogP contribution in [0.15, 0.2) is 23.1 Å². The number of carbonyl (C=O) groups excluding carboxylic acids is 1. The number of alkyl halides is 3. The first-order valence-electron chi connectivity index (χ1n) is 8.50. The fourth-order valence-electron chi connectivity index (χ4n) is 2.92. The number of amides is 1. The molecule has 0 atom stereocenters. The molecule has 2 rings (SSSR count). The lowest BCUT2D eigenvalue weighted by molar-refractivity contribution is -0.159. The molecule has 27 heavy (non-hydrogen) atoms. The molecule has 0 aliphatic carbocycles. The summed E-state index contributed by atoms with van der Waals surface area (Å²) < 4.78 is 64.2. The third-order valence-electron chi connectivity index (χ3n) is 4.49. The minimum absolute atomic E-state index is 0.163. The number of benzene rings is 1. The SMILES string of the molecule is Cc1ccc(C)c(S(=O)(=O)N2CCN(CC(=O)N(C)CC(F)(F)F)CC2)c1. The normalized spacial score (nSPS) is 17.1. The van der Waals surface area contributed by atoms with Gasteiger partial charge in [0.2, 0.25) is 15.9 Å². The van der Waals surface area contributed by atoms with Gasteiger partial charge in [-0.05, 0) is 31.0 Å². The Labute approximate surface area is 157 Å². The Morgan fingerprint density at radius 2 is 1.74 bits per heavy atom. The number of sulfonamides is 1. The van der Waals surface area contributed by atoms with Gasteiger partial charge in [0.15, 0.2) is 0 Å². The first-order valence-corrected chi connectivity index (χ1v) is 9.94. The molecule has 1 aromatic carbocycles. The molecule has 0 unspecified atom stereocenters. The smallest absolute Gasteiger partial charge is 0.336 e. The highest BCUT2D eigenvalue weighted by Gasteiger charge is 2.33. The topological polar surface area (TPSA) is 60.9 Å². The summed E-state index contributed by atoms with van der Waals surface area (Å²) in [6.07, 6.45) is -4.44. The fraction of sp³-hybridized carbons (Fsp3) is 0.588. The van der Waals surface area contributed by atoms with E-state index in [1.54, 1.807) is 24.0 Å². The maximum Gasteiger partial charge on any atom is 0.406 e. The lowest BCUT2D eigenvalue weighted by Gasteiger charge is -2.34. The second-order valence-electron chi connectivity index (χ2n) is 6.81. The third kappa shape index (κ3) is 5.66. The van der Waals surface area contributed by atoms with Crippen LogP contribution >= 0.6 is 0 Å². The van der Waals surface area contributed by atoms with Crippen molar-refractivity contribution < 1.29 is 26.4 Å². The van der Waals surface area contributed by atoms with Gasteiger partial charge in [0.1, 0.15) is 6.54 Å². The molecule has 0 aromatic heterocycles. The summed E-state index contributed by atoms with van der Waals surface area (Å²) in [6, 6.07) is 5.23. The van der Waals surface area contributed by atoms with Gasteiger partial charge in [-0.1, -0.05) is 12.1 Å². The molecule has 1 saturated heterocycles. The van der Waals surface area contributed by atoms with Crippen molar-refractivity contribution in [2.75, 3.05) is 46.3 Å². The summed E-state index contributed by atoms with van der Waals surface area (Å²) in [5.41, 5.74) is 1.50. The van der Waals surface area contributed by atoms with E-state index in [-0.39, 0.29) is 37.6 Å². The summed E-state index contributed by atoms with van der Waals surface area (Å²) in [4.78, 5) is 14.5. The zero-order chi connectivity index (χ0) is 20.4. The summed E-state index contributed by atoms with van der Waals surface area (Å²) in [5, 5.41) is 0. The highest BCUT2D eigenvalue weighted by atomic mass is 32.2. The first-order chi connectivity index (χ1) is 12.4. The van der Waals surface area contributed by atoms with Gasteiger partial charge >= 0.3 is 6.18 Å². The second kappa shape index (κ2) is 8.15. The molecule has 0 N–H and O–H groups in total. The summed E-state index contributed by atoms with van der Waals surface area (Å²) in [7, 11) is -2.54. The van der Waals surface area contributed by atoms with Gasteiger partial charge in [-0.15, -0.1) is 0 Å². The number of hydrogen-bond donors (Lipinski definition) is 0. The Morgan fingerprint density at radius 1 is 1.15 bits per heavy atom. The number of halogens is 3. The van der Waals surface area contributed by atoms with Gasteiger partial charge in [-0.3, -0.25) is 9.69 Å². The van der Waals surface area contributed by atoms with Crippen molar-refractivity contribution in [3.05, 3.63) is 29.3 Å². The van der Waals surface area contributed by atoms with E-state index in [0.717, 1.165) is 12.6 Å². The van der Waals surface area contributed by atoms with Crippen LogP contribution in [0.5, 0.6) is 0 Å². The summed E-state index contributed by atoms with van der Waals surface area (Å²) in [6.45, 7) is 3.04. The maximum absolute atomic E-state index is 12.9. The molecule has 0 bridgehead atoms. The van der Waals surface area contributed by atoms with E-state index in [2.05, 4.69) is 0 Å². The zero-order valence-corrected chi connectivity index (χ0v) is 16.4. The minimum Gasteiger partial charge on any atom is -0.336 e. The zero-order valence-electron chi connectivity index (χ0n) is 15.6. The molecular formula is C17H24F3N3O3S. The molecule has 1 aliphatic rings. The Morgan fingerprint density at radius 3 is 2.30 bits per heavy atom. The predicted molar refractivity (Wildman–Crippen MR) is 94.8 cm³/mol. The van der Waals surface area contributed by atoms with Crippen LogP contribution in [0, 0.1) is 13.8 Å². The Balaban J connectivity index is 1.97. The van der Waals surface area contributed by atoms with Crippen LogP contribution in [0.4, 0.5) is 13.2 Å². The second-order valence-corrected chi connectivity index (χ2v) is 8.72. The van der Waals surface area contributed by atoms with E-state index in [1.807, 2.05) is 13.0 Å². The highest BCUT2D eigenvalue weighted by molar-refractivity contribution is 7.89. The summed E-state index contributed by atoms with van der Waals surface area (Å²) in [5.74, 6) is -0.641. The van der Waals surface area contributed by atoms with E-state index in [4.69, 9.17) is 0 Å². The molecule has 1 aliphatic heterocycles. The van der Waals surface area contributed by atoms with Crippen LogP contribution in [0.3, 0.4) is 0 Å². The molecule has 0 spiro atoms. The number of carbonyl (C=O) groups is 1. The molecule has 1 aromatic rings. The van der Waals surface area contributed by atoms with Gasteiger partial charge in [0.25, 0.3) is 0 Å². The number of hydrogen-bond acceptors (Lipinski definition) is 4. The lowest BCUT2D eigenvalue weighted by atomic mass is 10.2. The molecule has 1 fully saturated rings. The number of aryl methyl sites for hydroxylation is 2. The Hall–Kier alpha value is -1.65. The van der Waals surface area contributed by atoms with Crippen molar-refractivity contribution in [3.63, 3.8) is 0 Å². The maximum atomic E-state index is 12.9. The number of rotatable bonds is 5. The number of nitrogens with zero attached hydrogens (tertiary/aromatic N) is 3. The van der Waals surface area contributed by atoms with Crippen LogP contribution in [-0.4, -0.2) is 80.9 Å². The average Bonchev–Trinajstić information content (AvgIpc) is 2.56. The standard InChI is InChI=1S/C17H24F3N3O3S/c1-13-4-5-14(2)15(10-13)27(25,26)23-8-6-22(7-9-23)11-16(24)21(3)12-17(18,19)20/h4-5,10H,6-9,11-12H2,1-3H3. The first kappa shape index (κ1) is 21.6. The number of likely N-dealkylation sites (N-methyl/N-ethyl adjacent to an activating group) is 1. The molecule has 1 amide bonds. The lowest BCUT2D eigenvalue weighted by Crippen LogP contribution is -2.51. The largest absolute Gasteiger partial charge is 0.406 e. The Bertz CT molecular complexity index is 788. The van der Waals surface area contributed by atoms with Gasteiger partial charge in [0, 0.05) is 33.2 Å². The van der Waals surface area contributed by atoms with Crippen molar-refractivity contribution in [3.8, 4) is 0 Å². The van der Waals surface area contributed by atoms with Crippen molar-refractivity contribution in [2.45, 2.75) is 24.9 Å². The van der Waals surface area contributed by atoms with Crippen molar-refractivity contribution in [1.82, 2.24) is 14.1 Å². The third-order valence-corrected chi connectivity index (χ3v) is 6.53. The summed E-state index contributed by atoms with van der Waals surface area (Å²) >= 11 is 0. The van der Waals surface area contributed by atoms with Gasteiger partial charge in [0.05, 0.1) is 11.4 Å². The molecule has 152 valence electrons. The fourth-order valence-corrected chi connectivity index (χ4v) is 4.65. The molecule has 0 radical (unpaired) electrons. The van der Waals surface area contributed by atoms with Crippen LogP contribution < -0.4 is 0 Å². The monoisotopic (exact) mass is 407 g/mol. The minimum atomic E-state index is -4.44. The van der Waals surface area contributed by atoms with E-state index in [9.17, 15) is 26.4 Å². The Kier molecular flexibility index (Phi) is 6.54. The van der Waals surface area contributed by atoms with Crippen LogP contribution in [-0.2, 0) is 14.8 Å². The van der Waals surface area contributed by atoms with Gasteiger partial charge in [-0.2, -0.15) is 17.5 Å². The van der Waals surface area contributed by atoms with E-state index in [0.29, 0.717) is 10.5 Å². The van der Waals surface area contributed by atoms with Crippen LogP contribution in [0.1, 0.15) is 11.1 Å². The average molecular weight is 407 g/mol. The van der Waals surface area contributed by atoms with E-state index >= 15 is 0 Å². The predicted octanol–water partition coefficient (Wildman–Crippen LogP) is 1.63. The van der Waals surface area contributed by atoms with Crippen LogP contribution in [0.2, 0.25) is 0 Å². The van der Waals surface area contributed by atoms with Gasteiger partial charge in [-0.25, -0.2) is 8.42 Å². The van der Waals surface area contributed by atoms with Gasteiger partial charge < -0.3 is 4.90 Å². The molecule has 10 heteroatoms. The van der Waals surface area contributed by atoms with Crippen molar-refractivity contribution in [1.29, 1.82) is 0 Å².